The molecule has 3 rings (SSSR count). The molecule has 1 heterocycles. The molecule has 1 aromatic heterocycles. The second-order valence-electron chi connectivity index (χ2n) is 8.75. The number of benzene rings is 2. The standard InChI is InChI=1S/C26H31NO9/c1-14-10-17(6-7-20(14)36-26(34)24(32)23(31)22(30)15(2)13-28)18-5-4-16-8-9-27(12-21(29)35-3)25(33)19(16)11-18/h4-11,15,22-24,26,28,30-32,34H,12-13H2,1-3H3. The Bertz CT molecular complexity index is 1270. The van der Waals surface area contributed by atoms with Crippen LogP contribution in [0.15, 0.2) is 53.5 Å². The first kappa shape index (κ1) is 27.3. The molecule has 0 aliphatic carbocycles. The lowest BCUT2D eigenvalue weighted by Gasteiger charge is -2.29. The van der Waals surface area contributed by atoms with Gasteiger partial charge in [-0.3, -0.25) is 9.59 Å². The summed E-state index contributed by atoms with van der Waals surface area (Å²) in [6.45, 7) is 2.61. The predicted molar refractivity (Wildman–Crippen MR) is 131 cm³/mol. The van der Waals surface area contributed by atoms with E-state index in [-0.39, 0.29) is 17.9 Å². The third-order valence-electron chi connectivity index (χ3n) is 6.12. The van der Waals surface area contributed by atoms with Gasteiger partial charge in [-0.15, -0.1) is 0 Å². The number of rotatable bonds is 10. The number of aliphatic hydroxyl groups is 5. The fourth-order valence-electron chi connectivity index (χ4n) is 3.76. The maximum atomic E-state index is 12.9. The van der Waals surface area contributed by atoms with E-state index in [4.69, 9.17) is 9.84 Å². The van der Waals surface area contributed by atoms with Gasteiger partial charge in [-0.1, -0.05) is 25.1 Å². The smallest absolute Gasteiger partial charge is 0.325 e. The molecular weight excluding hydrogens is 470 g/mol. The molecule has 5 atom stereocenters. The van der Waals surface area contributed by atoms with E-state index in [1.807, 2.05) is 6.07 Å². The van der Waals surface area contributed by atoms with Gasteiger partial charge in [0.1, 0.15) is 24.5 Å². The first-order valence-corrected chi connectivity index (χ1v) is 11.4. The first-order chi connectivity index (χ1) is 17.1. The highest BCUT2D eigenvalue weighted by Crippen LogP contribution is 2.29. The van der Waals surface area contributed by atoms with Crippen LogP contribution >= 0.6 is 0 Å². The van der Waals surface area contributed by atoms with Crippen LogP contribution in [-0.2, 0) is 16.1 Å². The van der Waals surface area contributed by atoms with Crippen LogP contribution in [-0.4, -0.2) is 74.4 Å². The molecular formula is C26H31NO9. The van der Waals surface area contributed by atoms with Crippen molar-refractivity contribution in [3.8, 4) is 16.9 Å². The SMILES string of the molecule is COC(=O)Cn1ccc2ccc(-c3ccc(OC(O)C(O)C(O)C(O)C(C)CO)c(C)c3)cc2c1=O. The molecule has 5 N–H and O–H groups in total. The minimum Gasteiger partial charge on any atom is -0.468 e. The Morgan fingerprint density at radius 3 is 2.28 bits per heavy atom. The summed E-state index contributed by atoms with van der Waals surface area (Å²) < 4.78 is 11.3. The van der Waals surface area contributed by atoms with Gasteiger partial charge in [0.25, 0.3) is 5.56 Å². The molecule has 0 bridgehead atoms. The van der Waals surface area contributed by atoms with E-state index in [0.717, 1.165) is 16.5 Å². The van der Waals surface area contributed by atoms with Crippen LogP contribution in [0.1, 0.15) is 12.5 Å². The van der Waals surface area contributed by atoms with E-state index in [1.54, 1.807) is 43.3 Å². The Morgan fingerprint density at radius 1 is 0.972 bits per heavy atom. The molecule has 0 fully saturated rings. The zero-order valence-corrected chi connectivity index (χ0v) is 20.2. The van der Waals surface area contributed by atoms with Crippen LogP contribution in [0.3, 0.4) is 0 Å². The number of aromatic nitrogens is 1. The number of carbonyl (C=O) groups excluding carboxylic acids is 1. The molecule has 0 saturated heterocycles. The lowest BCUT2D eigenvalue weighted by atomic mass is 9.96. The van der Waals surface area contributed by atoms with Gasteiger partial charge in [-0.2, -0.15) is 0 Å². The second kappa shape index (κ2) is 11.6. The van der Waals surface area contributed by atoms with Gasteiger partial charge in [-0.05, 0) is 53.3 Å². The van der Waals surface area contributed by atoms with Gasteiger partial charge in [0, 0.05) is 24.1 Å². The molecule has 0 spiro atoms. The van der Waals surface area contributed by atoms with Crippen LogP contribution < -0.4 is 10.3 Å². The molecule has 0 aliphatic heterocycles. The Morgan fingerprint density at radius 2 is 1.64 bits per heavy atom. The third kappa shape index (κ3) is 5.92. The van der Waals surface area contributed by atoms with Crippen LogP contribution in [0.4, 0.5) is 0 Å². The summed E-state index contributed by atoms with van der Waals surface area (Å²) in [6, 6.07) is 12.2. The fraction of sp³-hybridized carbons (Fsp3) is 0.385. The normalized spacial score (nSPS) is 15.7. The zero-order valence-electron chi connectivity index (χ0n) is 20.2. The molecule has 5 unspecified atom stereocenters. The van der Waals surface area contributed by atoms with Crippen molar-refractivity contribution in [2.75, 3.05) is 13.7 Å². The summed E-state index contributed by atoms with van der Waals surface area (Å²) in [4.78, 5) is 24.5. The van der Waals surface area contributed by atoms with Crippen molar-refractivity contribution < 1.29 is 39.8 Å². The lowest BCUT2D eigenvalue weighted by Crippen LogP contribution is -2.49. The highest BCUT2D eigenvalue weighted by atomic mass is 16.6. The summed E-state index contributed by atoms with van der Waals surface area (Å²) in [7, 11) is 1.26. The number of ether oxygens (including phenoxy) is 2. The third-order valence-corrected chi connectivity index (χ3v) is 6.12. The number of hydrogen-bond donors (Lipinski definition) is 5. The number of fused-ring (bicyclic) bond motifs is 1. The molecule has 0 amide bonds. The Kier molecular flexibility index (Phi) is 8.83. The number of aryl methyl sites for hydroxylation is 1. The van der Waals surface area contributed by atoms with Gasteiger partial charge in [0.05, 0.1) is 13.2 Å². The van der Waals surface area contributed by atoms with E-state index in [2.05, 4.69) is 4.74 Å². The summed E-state index contributed by atoms with van der Waals surface area (Å²) in [5.74, 6) is -1.01. The Balaban J connectivity index is 1.82. The highest BCUT2D eigenvalue weighted by molar-refractivity contribution is 5.87. The molecule has 0 aliphatic rings. The van der Waals surface area contributed by atoms with Crippen molar-refractivity contribution in [3.05, 3.63) is 64.6 Å². The number of carbonyl (C=O) groups is 1. The molecule has 0 saturated carbocycles. The number of nitrogens with zero attached hydrogens (tertiary/aromatic N) is 1. The van der Waals surface area contributed by atoms with Crippen molar-refractivity contribution in [1.29, 1.82) is 0 Å². The summed E-state index contributed by atoms with van der Waals surface area (Å²) in [5, 5.41) is 50.7. The van der Waals surface area contributed by atoms with Crippen LogP contribution in [0.2, 0.25) is 0 Å². The van der Waals surface area contributed by atoms with Crippen molar-refractivity contribution in [2.24, 2.45) is 5.92 Å². The Labute approximate surface area is 207 Å². The zero-order chi connectivity index (χ0) is 26.6. The lowest BCUT2D eigenvalue weighted by molar-refractivity contribution is -0.172. The van der Waals surface area contributed by atoms with Crippen LogP contribution in [0.25, 0.3) is 21.9 Å². The average molecular weight is 502 g/mol. The van der Waals surface area contributed by atoms with Crippen LogP contribution in [0.5, 0.6) is 5.75 Å². The minimum atomic E-state index is -1.83. The topological polar surface area (TPSA) is 159 Å². The number of hydrogen-bond acceptors (Lipinski definition) is 9. The maximum absolute atomic E-state index is 12.9. The van der Waals surface area contributed by atoms with Crippen molar-refractivity contribution in [1.82, 2.24) is 4.57 Å². The minimum absolute atomic E-state index is 0.195. The molecule has 2 aromatic carbocycles. The molecule has 10 heteroatoms. The number of methoxy groups -OCH3 is 1. The number of esters is 1. The van der Waals surface area contributed by atoms with Crippen molar-refractivity contribution in [3.63, 3.8) is 0 Å². The van der Waals surface area contributed by atoms with Gasteiger partial charge >= 0.3 is 5.97 Å². The van der Waals surface area contributed by atoms with Crippen molar-refractivity contribution in [2.45, 2.75) is 45.0 Å². The average Bonchev–Trinajstić information content (AvgIpc) is 2.89. The maximum Gasteiger partial charge on any atom is 0.325 e. The monoisotopic (exact) mass is 501 g/mol. The summed E-state index contributed by atoms with van der Waals surface area (Å²) >= 11 is 0. The molecule has 0 radical (unpaired) electrons. The number of pyridine rings is 1. The second-order valence-corrected chi connectivity index (χ2v) is 8.75. The molecule has 36 heavy (non-hydrogen) atoms. The Hall–Kier alpha value is -3.28. The highest BCUT2D eigenvalue weighted by Gasteiger charge is 2.34. The van der Waals surface area contributed by atoms with Gasteiger partial charge in [0.15, 0.2) is 0 Å². The summed E-state index contributed by atoms with van der Waals surface area (Å²) in [5.41, 5.74) is 1.77. The van der Waals surface area contributed by atoms with E-state index in [0.29, 0.717) is 10.9 Å². The van der Waals surface area contributed by atoms with E-state index in [9.17, 15) is 30.0 Å². The van der Waals surface area contributed by atoms with E-state index < -0.39 is 43.1 Å². The van der Waals surface area contributed by atoms with Crippen LogP contribution in [0, 0.1) is 12.8 Å². The quantitative estimate of drug-likeness (QED) is 0.198. The van der Waals surface area contributed by atoms with E-state index in [1.165, 1.54) is 24.8 Å². The van der Waals surface area contributed by atoms with E-state index >= 15 is 0 Å². The van der Waals surface area contributed by atoms with Gasteiger partial charge in [-0.25, -0.2) is 0 Å². The molecule has 10 nitrogen and oxygen atoms in total. The summed E-state index contributed by atoms with van der Waals surface area (Å²) in [6.07, 6.45) is -5.31. The predicted octanol–water partition coefficient (Wildman–Crippen LogP) is 0.558. The first-order valence-electron chi connectivity index (χ1n) is 11.4. The van der Waals surface area contributed by atoms with Gasteiger partial charge in [0.2, 0.25) is 6.29 Å². The van der Waals surface area contributed by atoms with Gasteiger partial charge < -0.3 is 39.6 Å². The molecule has 3 aromatic rings. The largest absolute Gasteiger partial charge is 0.468 e. The van der Waals surface area contributed by atoms with Crippen molar-refractivity contribution >= 4 is 16.7 Å². The fourth-order valence-corrected chi connectivity index (χ4v) is 3.76. The number of aliphatic hydroxyl groups excluding tert-OH is 5. The molecule has 194 valence electrons.